The lowest BCUT2D eigenvalue weighted by Crippen LogP contribution is -2.37. The predicted octanol–water partition coefficient (Wildman–Crippen LogP) is 24.6. The minimum absolute atomic E-state index is 0.0337. The molecule has 0 aromatic heterocycles. The molecule has 0 saturated heterocycles. The molecule has 0 bridgehead atoms. The molecule has 0 amide bonds. The van der Waals surface area contributed by atoms with Crippen LogP contribution in [0.25, 0.3) is 0 Å². The Kier molecular flexibility index (Phi) is 50.3. The molecule has 0 aliphatic heterocycles. The van der Waals surface area contributed by atoms with Crippen LogP contribution in [-0.4, -0.2) is 89.7 Å². The molecule has 8 fully saturated rings. The van der Waals surface area contributed by atoms with Crippen molar-refractivity contribution < 1.29 is 40.9 Å². The summed E-state index contributed by atoms with van der Waals surface area (Å²) in [6.45, 7) is 72.1. The third-order valence-electron chi connectivity index (χ3n) is 28.3. The lowest BCUT2D eigenvalue weighted by Gasteiger charge is -2.39. The molecule has 0 radical (unpaired) electrons. The van der Waals surface area contributed by atoms with Crippen molar-refractivity contribution in [3.63, 3.8) is 0 Å². The molecule has 8 aliphatic carbocycles. The Labute approximate surface area is 651 Å². The van der Waals surface area contributed by atoms with Crippen LogP contribution in [0, 0.1) is 189 Å². The Morgan fingerprint density at radius 2 is 0.558 bits per heavy atom. The van der Waals surface area contributed by atoms with E-state index in [0.717, 1.165) is 109 Å². The van der Waals surface area contributed by atoms with Crippen LogP contribution in [0.15, 0.2) is 0 Å². The van der Waals surface area contributed by atoms with Crippen LogP contribution < -0.4 is 0 Å². The van der Waals surface area contributed by atoms with E-state index in [-0.39, 0.29) is 48.8 Å². The van der Waals surface area contributed by atoms with E-state index in [0.29, 0.717) is 107 Å². The highest BCUT2D eigenvalue weighted by molar-refractivity contribution is 4.90. The molecule has 0 aromatic carbocycles. The second-order valence-electron chi connectivity index (χ2n) is 42.8. The van der Waals surface area contributed by atoms with Crippen LogP contribution in [-0.2, 0) is 0 Å². The molecule has 0 aromatic rings. The Bertz CT molecular complexity index is 1950. The maximum Gasteiger partial charge on any atom is 0.0596 e. The van der Waals surface area contributed by atoms with E-state index >= 15 is 0 Å². The van der Waals surface area contributed by atoms with Crippen molar-refractivity contribution in [2.45, 2.75) is 424 Å². The maximum absolute atomic E-state index is 10.1. The van der Waals surface area contributed by atoms with Crippen LogP contribution in [0.1, 0.15) is 376 Å². The molecule has 8 saturated carbocycles. The van der Waals surface area contributed by atoms with Crippen molar-refractivity contribution in [3.05, 3.63) is 0 Å². The molecular weight excluding hydrogens is 1280 g/mol. The van der Waals surface area contributed by atoms with E-state index < -0.39 is 0 Å². The molecule has 8 heteroatoms. The second-order valence-corrected chi connectivity index (χ2v) is 42.8. The smallest absolute Gasteiger partial charge is 0.0596 e. The molecule has 0 spiro atoms. The number of rotatable bonds is 16. The summed E-state index contributed by atoms with van der Waals surface area (Å²) in [5.41, 5.74) is 0. The zero-order valence-corrected chi connectivity index (χ0v) is 75.6. The summed E-state index contributed by atoms with van der Waals surface area (Å²) in [6, 6.07) is 0. The highest BCUT2D eigenvalue weighted by Gasteiger charge is 2.40. The number of aliphatic hydroxyl groups excluding tert-OH is 8. The molecule has 32 unspecified atom stereocenters. The topological polar surface area (TPSA) is 162 Å². The maximum atomic E-state index is 10.1. The van der Waals surface area contributed by atoms with Gasteiger partial charge in [-0.15, -0.1) is 0 Å². The normalized spacial score (nSPS) is 41.1. The third-order valence-corrected chi connectivity index (χ3v) is 28.3. The monoisotopic (exact) mass is 1470 g/mol. The van der Waals surface area contributed by atoms with Gasteiger partial charge in [0.2, 0.25) is 0 Å². The fourth-order valence-corrected chi connectivity index (χ4v) is 21.3. The van der Waals surface area contributed by atoms with E-state index in [9.17, 15) is 40.9 Å². The minimum atomic E-state index is -0.0579. The predicted molar refractivity (Wildman–Crippen MR) is 452 cm³/mol. The fraction of sp³-hybridized carbons (Fsp3) is 1.00. The average Bonchev–Trinajstić information content (AvgIpc) is 0.806. The molecule has 8 aliphatic rings. The van der Waals surface area contributed by atoms with Crippen molar-refractivity contribution in [3.8, 4) is 0 Å². The summed E-state index contributed by atoms with van der Waals surface area (Å²) in [4.78, 5) is 0. The summed E-state index contributed by atoms with van der Waals surface area (Å²) in [5.74, 6) is 21.2. The summed E-state index contributed by atoms with van der Waals surface area (Å²) in [7, 11) is 0. The highest BCUT2D eigenvalue weighted by atomic mass is 16.3. The van der Waals surface area contributed by atoms with Crippen LogP contribution in [0.4, 0.5) is 0 Å². The standard InChI is InChI=1S/8C12H24O/c1-8(2)5-11-6-9(3)10(4)7-12(11)13;1-8(2)5-11-6-9(3)7-12(13)10(11)4;1-8(2)5-11-10(4)6-9(3)7-12(11)13;1-8(2)5-11-7-9(3)6-10(4)12(11)13;1-8(2)7-11-9(3)5-6-12(13)10(11)4;1-8(2)7-11-6-5-9(3)12(13)10(11)4;1-8(2)7-11-6-5-9(3)10(4)12(11)13;1-8(2)7-11-9(3)5-6-10(4)12(11)13/h8*8-13H,5-7H2,1-4H3. The van der Waals surface area contributed by atoms with Crippen LogP contribution >= 0.6 is 0 Å². The molecule has 8 nitrogen and oxygen atoms in total. The minimum Gasteiger partial charge on any atom is -0.393 e. The quantitative estimate of drug-likeness (QED) is 0.0758. The Hall–Kier alpha value is -0.320. The molecule has 0 heterocycles. The van der Waals surface area contributed by atoms with Crippen molar-refractivity contribution in [2.75, 3.05) is 0 Å². The zero-order valence-electron chi connectivity index (χ0n) is 75.6. The molecule has 104 heavy (non-hydrogen) atoms. The lowest BCUT2D eigenvalue weighted by atomic mass is 9.69. The largest absolute Gasteiger partial charge is 0.393 e. The van der Waals surface area contributed by atoms with Gasteiger partial charge in [0, 0.05) is 0 Å². The van der Waals surface area contributed by atoms with Gasteiger partial charge >= 0.3 is 0 Å². The second kappa shape index (κ2) is 51.4. The molecule has 8 N–H and O–H groups in total. The third kappa shape index (κ3) is 38.5. The van der Waals surface area contributed by atoms with Crippen LogP contribution in [0.3, 0.4) is 0 Å². The Morgan fingerprint density at radius 1 is 0.192 bits per heavy atom. The highest BCUT2D eigenvalue weighted by Crippen LogP contribution is 2.44. The molecule has 32 atom stereocenters. The van der Waals surface area contributed by atoms with E-state index in [1.165, 1.54) is 128 Å². The van der Waals surface area contributed by atoms with Gasteiger partial charge in [-0.3, -0.25) is 0 Å². The summed E-state index contributed by atoms with van der Waals surface area (Å²) < 4.78 is 0. The van der Waals surface area contributed by atoms with Crippen LogP contribution in [0.2, 0.25) is 0 Å². The molecular formula is C96H192O8. The van der Waals surface area contributed by atoms with Gasteiger partial charge in [0.1, 0.15) is 0 Å². The van der Waals surface area contributed by atoms with E-state index in [1.807, 2.05) is 0 Å². The van der Waals surface area contributed by atoms with Crippen molar-refractivity contribution >= 4 is 0 Å². The van der Waals surface area contributed by atoms with Gasteiger partial charge in [0.25, 0.3) is 0 Å². The Balaban J connectivity index is 0.000000594. The van der Waals surface area contributed by atoms with Gasteiger partial charge in [-0.25, -0.2) is 0 Å². The summed E-state index contributed by atoms with van der Waals surface area (Å²) >= 11 is 0. The molecule has 8 rings (SSSR count). The number of hydrogen-bond acceptors (Lipinski definition) is 8. The van der Waals surface area contributed by atoms with Gasteiger partial charge in [-0.1, -0.05) is 234 Å². The van der Waals surface area contributed by atoms with Gasteiger partial charge < -0.3 is 40.9 Å². The van der Waals surface area contributed by atoms with Gasteiger partial charge in [-0.05, 0) is 331 Å². The van der Waals surface area contributed by atoms with Gasteiger partial charge in [0.15, 0.2) is 0 Å². The van der Waals surface area contributed by atoms with Crippen molar-refractivity contribution in [1.82, 2.24) is 0 Å². The van der Waals surface area contributed by atoms with Crippen molar-refractivity contribution in [1.29, 1.82) is 0 Å². The fourth-order valence-electron chi connectivity index (χ4n) is 21.3. The first-order valence-corrected chi connectivity index (χ1v) is 45.5. The molecule has 624 valence electrons. The van der Waals surface area contributed by atoms with E-state index in [4.69, 9.17) is 0 Å². The lowest BCUT2D eigenvalue weighted by molar-refractivity contribution is -0.0120. The first-order valence-electron chi connectivity index (χ1n) is 45.5. The Morgan fingerprint density at radius 3 is 1.09 bits per heavy atom. The number of hydrogen-bond donors (Lipinski definition) is 8. The summed E-state index contributed by atoms with van der Waals surface area (Å²) in [6.07, 6.45) is 28.5. The zero-order chi connectivity index (χ0) is 80.1. The average molecular weight is 1470 g/mol. The van der Waals surface area contributed by atoms with Gasteiger partial charge in [-0.2, -0.15) is 0 Å². The van der Waals surface area contributed by atoms with Gasteiger partial charge in [0.05, 0.1) is 48.8 Å². The summed E-state index contributed by atoms with van der Waals surface area (Å²) in [5, 5.41) is 79.5. The van der Waals surface area contributed by atoms with Crippen molar-refractivity contribution in [2.24, 2.45) is 189 Å². The van der Waals surface area contributed by atoms with Crippen LogP contribution in [0.5, 0.6) is 0 Å². The van der Waals surface area contributed by atoms with E-state index in [2.05, 4.69) is 222 Å². The first-order chi connectivity index (χ1) is 48.1. The first kappa shape index (κ1) is 102. The van der Waals surface area contributed by atoms with E-state index in [1.54, 1.807) is 0 Å². The number of aliphatic hydroxyl groups is 8. The SMILES string of the molecule is CC(C)CC1C(C)CC(C)CC1O.CC(C)CC1C(C)CCC(C)C1O.CC(C)CC1C(C)CCC(O)C1C.CC(C)CC1CC(C)C(C)CC1O.CC(C)CC1CC(C)CC(C)C1O.CC(C)CC1CC(C)CC(O)C1C.CC(C)CC1CCC(C)C(C)C1O.CC(C)CC1CCC(C)C(O)C1C.